The number of ether oxygens (including phenoxy) is 2. The van der Waals surface area contributed by atoms with Gasteiger partial charge in [-0.15, -0.1) is 0 Å². The van der Waals surface area contributed by atoms with Crippen LogP contribution in [0.25, 0.3) is 0 Å². The number of H-pyrrole nitrogens is 1. The number of aliphatic hydroxyl groups is 1. The molecule has 1 amide bonds. The van der Waals surface area contributed by atoms with Crippen LogP contribution in [0.3, 0.4) is 0 Å². The molecule has 3 fully saturated rings. The van der Waals surface area contributed by atoms with E-state index in [-0.39, 0.29) is 30.8 Å². The van der Waals surface area contributed by atoms with E-state index in [1.165, 1.54) is 19.3 Å². The molecule has 1 saturated carbocycles. The molecule has 1 aromatic rings. The fourth-order valence-electron chi connectivity index (χ4n) is 4.03. The zero-order valence-electron chi connectivity index (χ0n) is 13.0. The van der Waals surface area contributed by atoms with Crippen molar-refractivity contribution in [2.24, 2.45) is 0 Å². The molecule has 0 unspecified atom stereocenters. The lowest BCUT2D eigenvalue weighted by Gasteiger charge is -2.22. The molecular formula is C16H23N3O4. The van der Waals surface area contributed by atoms with Crippen molar-refractivity contribution in [3.05, 3.63) is 17.5 Å². The van der Waals surface area contributed by atoms with Crippen molar-refractivity contribution < 1.29 is 19.4 Å². The molecule has 0 bridgehead atoms. The zero-order chi connectivity index (χ0) is 15.8. The average Bonchev–Trinajstić information content (AvgIpc) is 3.27. The minimum atomic E-state index is -0.603. The van der Waals surface area contributed by atoms with Gasteiger partial charge in [0, 0.05) is 5.92 Å². The predicted molar refractivity (Wildman–Crippen MR) is 81.2 cm³/mol. The van der Waals surface area contributed by atoms with Crippen LogP contribution in [0.2, 0.25) is 0 Å². The summed E-state index contributed by atoms with van der Waals surface area (Å²) in [5, 5.41) is 19.9. The molecule has 126 valence electrons. The van der Waals surface area contributed by atoms with Crippen molar-refractivity contribution in [2.75, 3.05) is 13.2 Å². The molecule has 1 aliphatic carbocycles. The number of nitrogens with zero attached hydrogens (tertiary/aromatic N) is 1. The van der Waals surface area contributed by atoms with E-state index in [4.69, 9.17) is 9.47 Å². The number of aromatic amines is 1. The molecule has 3 aliphatic rings. The highest BCUT2D eigenvalue weighted by molar-refractivity contribution is 5.95. The van der Waals surface area contributed by atoms with E-state index in [1.807, 2.05) is 0 Å². The van der Waals surface area contributed by atoms with Crippen molar-refractivity contribution in [3.63, 3.8) is 0 Å². The number of nitrogens with one attached hydrogen (secondary N) is 2. The van der Waals surface area contributed by atoms with Crippen molar-refractivity contribution in [2.45, 2.75) is 62.4 Å². The second kappa shape index (κ2) is 6.22. The Morgan fingerprint density at radius 1 is 1.22 bits per heavy atom. The number of carbonyl (C=O) groups is 1. The van der Waals surface area contributed by atoms with Crippen LogP contribution in [0.15, 0.2) is 6.20 Å². The number of amides is 1. The van der Waals surface area contributed by atoms with Crippen LogP contribution < -0.4 is 5.32 Å². The molecule has 4 atom stereocenters. The Kier molecular flexibility index (Phi) is 4.09. The minimum Gasteiger partial charge on any atom is -0.388 e. The average molecular weight is 321 g/mol. The monoisotopic (exact) mass is 321 g/mol. The largest absolute Gasteiger partial charge is 0.388 e. The molecule has 0 radical (unpaired) electrons. The topological polar surface area (TPSA) is 96.5 Å². The van der Waals surface area contributed by atoms with Gasteiger partial charge in [-0.2, -0.15) is 5.10 Å². The zero-order valence-corrected chi connectivity index (χ0v) is 13.0. The van der Waals surface area contributed by atoms with Crippen LogP contribution in [-0.4, -0.2) is 58.8 Å². The molecule has 3 N–H and O–H groups in total. The molecule has 0 aromatic carbocycles. The fraction of sp³-hybridized carbons (Fsp3) is 0.750. The summed E-state index contributed by atoms with van der Waals surface area (Å²) in [6.45, 7) is 0.634. The van der Waals surface area contributed by atoms with Crippen LogP contribution >= 0.6 is 0 Å². The summed E-state index contributed by atoms with van der Waals surface area (Å²) in [7, 11) is 0. The van der Waals surface area contributed by atoms with Crippen LogP contribution in [0.1, 0.15) is 54.1 Å². The molecule has 23 heavy (non-hydrogen) atoms. The van der Waals surface area contributed by atoms with Gasteiger partial charge in [-0.25, -0.2) is 0 Å². The van der Waals surface area contributed by atoms with Gasteiger partial charge in [0.15, 0.2) is 0 Å². The van der Waals surface area contributed by atoms with Crippen LogP contribution in [0, 0.1) is 0 Å². The van der Waals surface area contributed by atoms with Gasteiger partial charge in [-0.3, -0.25) is 9.89 Å². The normalized spacial score (nSPS) is 34.5. The molecule has 7 nitrogen and oxygen atoms in total. The fourth-order valence-corrected chi connectivity index (χ4v) is 4.03. The number of hydrogen-bond donors (Lipinski definition) is 3. The van der Waals surface area contributed by atoms with Gasteiger partial charge < -0.3 is 19.9 Å². The highest BCUT2D eigenvalue weighted by atomic mass is 16.6. The van der Waals surface area contributed by atoms with Crippen molar-refractivity contribution >= 4 is 5.91 Å². The summed E-state index contributed by atoms with van der Waals surface area (Å²) >= 11 is 0. The standard InChI is InChI=1S/C16H23N3O4/c20-12-8-23-14-11(7-22-15(12)14)18-16(21)10-6-17-19-13(10)9-4-2-1-3-5-9/h6,9,11-12,14-15,20H,1-5,7-8H2,(H,17,19)(H,18,21)/t11-,12-,14+,15+/m0/s1. The quantitative estimate of drug-likeness (QED) is 0.762. The summed E-state index contributed by atoms with van der Waals surface area (Å²) in [6, 6.07) is -0.223. The molecule has 2 saturated heterocycles. The van der Waals surface area contributed by atoms with E-state index in [9.17, 15) is 9.90 Å². The third-order valence-electron chi connectivity index (χ3n) is 5.27. The molecule has 7 heteroatoms. The second-order valence-electron chi connectivity index (χ2n) is 6.78. The first-order valence-corrected chi connectivity index (χ1v) is 8.49. The lowest BCUT2D eigenvalue weighted by molar-refractivity contribution is 0.0178. The van der Waals surface area contributed by atoms with E-state index in [1.54, 1.807) is 6.20 Å². The third kappa shape index (κ3) is 2.77. The summed E-state index contributed by atoms with van der Waals surface area (Å²) in [5.41, 5.74) is 1.57. The summed E-state index contributed by atoms with van der Waals surface area (Å²) in [4.78, 5) is 12.7. The maximum atomic E-state index is 12.7. The summed E-state index contributed by atoms with van der Waals surface area (Å²) in [6.07, 6.45) is 6.30. The van der Waals surface area contributed by atoms with E-state index >= 15 is 0 Å². The summed E-state index contributed by atoms with van der Waals surface area (Å²) < 4.78 is 11.1. The van der Waals surface area contributed by atoms with E-state index < -0.39 is 6.10 Å². The van der Waals surface area contributed by atoms with Crippen molar-refractivity contribution in [1.82, 2.24) is 15.5 Å². The lowest BCUT2D eigenvalue weighted by Crippen LogP contribution is -2.44. The Hall–Kier alpha value is -1.44. The number of aliphatic hydroxyl groups excluding tert-OH is 1. The Morgan fingerprint density at radius 3 is 2.83 bits per heavy atom. The SMILES string of the molecule is O=C(N[C@H]1CO[C@H]2[C@@H]1OC[C@@H]2O)c1cn[nH]c1C1CCCCC1. The number of fused-ring (bicyclic) bond motifs is 1. The van der Waals surface area contributed by atoms with E-state index in [0.717, 1.165) is 18.5 Å². The molecule has 2 aliphatic heterocycles. The van der Waals surface area contributed by atoms with Crippen LogP contribution in [0.5, 0.6) is 0 Å². The van der Waals surface area contributed by atoms with E-state index in [0.29, 0.717) is 18.1 Å². The van der Waals surface area contributed by atoms with Gasteiger partial charge in [0.25, 0.3) is 5.91 Å². The predicted octanol–water partition coefficient (Wildman–Crippen LogP) is 0.714. The molecule has 3 heterocycles. The number of aromatic nitrogens is 2. The number of hydrogen-bond acceptors (Lipinski definition) is 5. The lowest BCUT2D eigenvalue weighted by atomic mass is 9.85. The first kappa shape index (κ1) is 15.1. The first-order valence-electron chi connectivity index (χ1n) is 8.49. The van der Waals surface area contributed by atoms with Gasteiger partial charge >= 0.3 is 0 Å². The maximum Gasteiger partial charge on any atom is 0.255 e. The van der Waals surface area contributed by atoms with Crippen LogP contribution in [-0.2, 0) is 9.47 Å². The van der Waals surface area contributed by atoms with Gasteiger partial charge in [-0.1, -0.05) is 19.3 Å². The summed E-state index contributed by atoms with van der Waals surface area (Å²) in [5.74, 6) is 0.252. The number of rotatable bonds is 3. The minimum absolute atomic E-state index is 0.140. The Bertz CT molecular complexity index is 569. The molecule has 4 rings (SSSR count). The Labute approximate surface area is 134 Å². The highest BCUT2D eigenvalue weighted by Gasteiger charge is 2.47. The first-order chi connectivity index (χ1) is 11.2. The third-order valence-corrected chi connectivity index (χ3v) is 5.27. The van der Waals surface area contributed by atoms with Crippen LogP contribution in [0.4, 0.5) is 0 Å². The molecule has 0 spiro atoms. The van der Waals surface area contributed by atoms with Crippen molar-refractivity contribution in [1.29, 1.82) is 0 Å². The smallest absolute Gasteiger partial charge is 0.255 e. The van der Waals surface area contributed by atoms with Gasteiger partial charge in [0.1, 0.15) is 18.3 Å². The highest BCUT2D eigenvalue weighted by Crippen LogP contribution is 2.33. The molecule has 1 aromatic heterocycles. The second-order valence-corrected chi connectivity index (χ2v) is 6.78. The molecular weight excluding hydrogens is 298 g/mol. The van der Waals surface area contributed by atoms with Gasteiger partial charge in [0.2, 0.25) is 0 Å². The maximum absolute atomic E-state index is 12.7. The number of carbonyl (C=O) groups excluding carboxylic acids is 1. The van der Waals surface area contributed by atoms with Crippen molar-refractivity contribution in [3.8, 4) is 0 Å². The van der Waals surface area contributed by atoms with E-state index in [2.05, 4.69) is 15.5 Å². The van der Waals surface area contributed by atoms with Gasteiger partial charge in [-0.05, 0) is 12.8 Å². The Balaban J connectivity index is 1.45. The Morgan fingerprint density at radius 2 is 2.00 bits per heavy atom. The van der Waals surface area contributed by atoms with Gasteiger partial charge in [0.05, 0.1) is 36.7 Å².